The number of benzene rings is 2. The number of carbonyl (C=O) groups excluding carboxylic acids is 3. The van der Waals surface area contributed by atoms with Gasteiger partial charge in [-0.1, -0.05) is 0 Å². The summed E-state index contributed by atoms with van der Waals surface area (Å²) in [6.45, 7) is 2.77. The van der Waals surface area contributed by atoms with Gasteiger partial charge in [-0.05, 0) is 36.4 Å². The summed E-state index contributed by atoms with van der Waals surface area (Å²) in [6, 6.07) is 11.4. The van der Waals surface area contributed by atoms with E-state index >= 15 is 0 Å². The number of carbonyl (C=O) groups is 3. The highest BCUT2D eigenvalue weighted by molar-refractivity contribution is 5.98. The Balaban J connectivity index is 1.34. The second-order valence-corrected chi connectivity index (χ2v) is 7.09. The average molecular weight is 410 g/mol. The molecule has 0 unspecified atom stereocenters. The molecular weight excluding hydrogens is 388 g/mol. The summed E-state index contributed by atoms with van der Waals surface area (Å²) >= 11 is 0. The van der Waals surface area contributed by atoms with Crippen LogP contribution in [0.1, 0.15) is 13.3 Å². The average Bonchev–Trinajstić information content (AvgIpc) is 3.08. The molecule has 9 nitrogen and oxygen atoms in total. The molecule has 156 valence electrons. The maximum Gasteiger partial charge on any atom is 0.319 e. The van der Waals surface area contributed by atoms with Gasteiger partial charge in [0.1, 0.15) is 13.2 Å². The fourth-order valence-electron chi connectivity index (χ4n) is 3.45. The number of fused-ring (bicyclic) bond motifs is 1. The number of urea groups is 1. The zero-order valence-electron chi connectivity index (χ0n) is 16.4. The van der Waals surface area contributed by atoms with Gasteiger partial charge < -0.3 is 30.3 Å². The zero-order valence-corrected chi connectivity index (χ0v) is 16.4. The summed E-state index contributed by atoms with van der Waals surface area (Å²) < 4.78 is 11.1. The lowest BCUT2D eigenvalue weighted by Gasteiger charge is -2.22. The van der Waals surface area contributed by atoms with Crippen LogP contribution in [0.3, 0.4) is 0 Å². The van der Waals surface area contributed by atoms with Gasteiger partial charge in [-0.2, -0.15) is 0 Å². The molecule has 0 radical (unpaired) electrons. The van der Waals surface area contributed by atoms with E-state index in [1.165, 1.54) is 6.92 Å². The van der Waals surface area contributed by atoms with Gasteiger partial charge in [0, 0.05) is 43.0 Å². The SMILES string of the molecule is CC(=O)Nc1ccc(NC(=O)N[C@H]2CC(=O)N(c3ccc4c(c3)OCCO4)C2)cc1. The van der Waals surface area contributed by atoms with Crippen LogP contribution in [0, 0.1) is 0 Å². The molecule has 0 bridgehead atoms. The molecule has 4 rings (SSSR count). The number of hydrogen-bond donors (Lipinski definition) is 3. The maximum atomic E-state index is 12.5. The van der Waals surface area contributed by atoms with Crippen molar-refractivity contribution in [3.05, 3.63) is 42.5 Å². The van der Waals surface area contributed by atoms with Gasteiger partial charge in [0.05, 0.1) is 6.04 Å². The molecule has 1 saturated heterocycles. The van der Waals surface area contributed by atoms with Crippen molar-refractivity contribution in [3.63, 3.8) is 0 Å². The lowest BCUT2D eigenvalue weighted by molar-refractivity contribution is -0.117. The summed E-state index contributed by atoms with van der Waals surface area (Å²) in [5, 5.41) is 8.22. The minimum absolute atomic E-state index is 0.0726. The summed E-state index contributed by atoms with van der Waals surface area (Å²) in [5.41, 5.74) is 1.93. The van der Waals surface area contributed by atoms with E-state index in [0.717, 1.165) is 0 Å². The Morgan fingerprint density at radius 1 is 0.967 bits per heavy atom. The molecule has 0 aromatic heterocycles. The summed E-state index contributed by atoms with van der Waals surface area (Å²) in [5.74, 6) is 1.04. The number of ether oxygens (including phenoxy) is 2. The zero-order chi connectivity index (χ0) is 21.1. The van der Waals surface area contributed by atoms with Gasteiger partial charge in [-0.25, -0.2) is 4.79 Å². The molecule has 2 heterocycles. The molecule has 30 heavy (non-hydrogen) atoms. The molecule has 0 spiro atoms. The summed E-state index contributed by atoms with van der Waals surface area (Å²) in [4.78, 5) is 37.5. The Kier molecular flexibility index (Phi) is 5.42. The number of amides is 4. The highest BCUT2D eigenvalue weighted by atomic mass is 16.6. The molecule has 2 aliphatic heterocycles. The van der Waals surface area contributed by atoms with E-state index in [4.69, 9.17) is 9.47 Å². The first-order valence-electron chi connectivity index (χ1n) is 9.63. The molecule has 2 aliphatic rings. The van der Waals surface area contributed by atoms with Crippen molar-refractivity contribution in [2.24, 2.45) is 0 Å². The quantitative estimate of drug-likeness (QED) is 0.717. The Morgan fingerprint density at radius 3 is 2.33 bits per heavy atom. The third-order valence-corrected chi connectivity index (χ3v) is 4.76. The van der Waals surface area contributed by atoms with Crippen molar-refractivity contribution in [1.29, 1.82) is 0 Å². The Labute approximate surface area is 173 Å². The van der Waals surface area contributed by atoms with Crippen LogP contribution in [0.4, 0.5) is 21.9 Å². The molecule has 3 N–H and O–H groups in total. The van der Waals surface area contributed by atoms with Gasteiger partial charge in [-0.3, -0.25) is 9.59 Å². The highest BCUT2D eigenvalue weighted by Crippen LogP contribution is 2.35. The number of rotatable bonds is 4. The predicted octanol–water partition coefficient (Wildman–Crippen LogP) is 2.34. The van der Waals surface area contributed by atoms with Crippen LogP contribution in [-0.2, 0) is 9.59 Å². The lowest BCUT2D eigenvalue weighted by Crippen LogP contribution is -2.39. The first-order valence-corrected chi connectivity index (χ1v) is 9.63. The first kappa shape index (κ1) is 19.6. The van der Waals surface area contributed by atoms with E-state index in [0.29, 0.717) is 48.3 Å². The minimum atomic E-state index is -0.399. The highest BCUT2D eigenvalue weighted by Gasteiger charge is 2.32. The van der Waals surface area contributed by atoms with E-state index < -0.39 is 6.03 Å². The Morgan fingerprint density at radius 2 is 1.63 bits per heavy atom. The number of hydrogen-bond acceptors (Lipinski definition) is 5. The van der Waals surface area contributed by atoms with Gasteiger partial charge in [-0.15, -0.1) is 0 Å². The van der Waals surface area contributed by atoms with E-state index in [9.17, 15) is 14.4 Å². The van der Waals surface area contributed by atoms with E-state index in [1.807, 2.05) is 6.07 Å². The molecule has 0 saturated carbocycles. The fraction of sp³-hybridized carbons (Fsp3) is 0.286. The van der Waals surface area contributed by atoms with Crippen molar-refractivity contribution >= 4 is 34.9 Å². The summed E-state index contributed by atoms with van der Waals surface area (Å²) in [7, 11) is 0. The molecule has 1 fully saturated rings. The van der Waals surface area contributed by atoms with Gasteiger partial charge in [0.25, 0.3) is 0 Å². The smallest absolute Gasteiger partial charge is 0.319 e. The standard InChI is InChI=1S/C21H22N4O5/c1-13(26)22-14-2-4-15(5-3-14)23-21(28)24-16-10-20(27)25(12-16)17-6-7-18-19(11-17)30-9-8-29-18/h2-7,11,16H,8-10,12H2,1H3,(H,22,26)(H2,23,24,28)/t16-/m0/s1. The molecular formula is C21H22N4O5. The van der Waals surface area contributed by atoms with E-state index in [2.05, 4.69) is 16.0 Å². The van der Waals surface area contributed by atoms with E-state index in [1.54, 1.807) is 41.3 Å². The van der Waals surface area contributed by atoms with Crippen LogP contribution in [-0.4, -0.2) is 43.6 Å². The van der Waals surface area contributed by atoms with E-state index in [-0.39, 0.29) is 24.3 Å². The minimum Gasteiger partial charge on any atom is -0.486 e. The lowest BCUT2D eigenvalue weighted by atomic mass is 10.2. The van der Waals surface area contributed by atoms with Crippen LogP contribution >= 0.6 is 0 Å². The molecule has 2 aromatic carbocycles. The van der Waals surface area contributed by atoms with Gasteiger partial charge in [0.2, 0.25) is 11.8 Å². The molecule has 9 heteroatoms. The van der Waals surface area contributed by atoms with Crippen LogP contribution in [0.2, 0.25) is 0 Å². The van der Waals surface area contributed by atoms with Crippen LogP contribution in [0.5, 0.6) is 11.5 Å². The van der Waals surface area contributed by atoms with Crippen molar-refractivity contribution in [1.82, 2.24) is 5.32 Å². The van der Waals surface area contributed by atoms with Crippen LogP contribution < -0.4 is 30.3 Å². The van der Waals surface area contributed by atoms with Crippen LogP contribution in [0.25, 0.3) is 0 Å². The van der Waals surface area contributed by atoms with Crippen molar-refractivity contribution < 1.29 is 23.9 Å². The van der Waals surface area contributed by atoms with Crippen molar-refractivity contribution in [2.75, 3.05) is 35.3 Å². The monoisotopic (exact) mass is 410 g/mol. The number of nitrogens with one attached hydrogen (secondary N) is 3. The summed E-state index contributed by atoms with van der Waals surface area (Å²) in [6.07, 6.45) is 0.212. The first-order chi connectivity index (χ1) is 14.5. The fourth-order valence-corrected chi connectivity index (χ4v) is 3.45. The normalized spacial score (nSPS) is 17.4. The Bertz CT molecular complexity index is 976. The van der Waals surface area contributed by atoms with Crippen molar-refractivity contribution in [3.8, 4) is 11.5 Å². The molecule has 2 aromatic rings. The van der Waals surface area contributed by atoms with Gasteiger partial charge >= 0.3 is 6.03 Å². The molecule has 0 aliphatic carbocycles. The molecule has 1 atom stereocenters. The number of nitrogens with zero attached hydrogens (tertiary/aromatic N) is 1. The number of anilines is 3. The second kappa shape index (κ2) is 8.32. The Hall–Kier alpha value is -3.75. The maximum absolute atomic E-state index is 12.5. The van der Waals surface area contributed by atoms with Crippen LogP contribution in [0.15, 0.2) is 42.5 Å². The van der Waals surface area contributed by atoms with Crippen molar-refractivity contribution in [2.45, 2.75) is 19.4 Å². The predicted molar refractivity (Wildman–Crippen MR) is 111 cm³/mol. The molecule has 4 amide bonds. The van der Waals surface area contributed by atoms with Gasteiger partial charge in [0.15, 0.2) is 11.5 Å². The third-order valence-electron chi connectivity index (χ3n) is 4.76. The topological polar surface area (TPSA) is 109 Å². The largest absolute Gasteiger partial charge is 0.486 e. The third kappa shape index (κ3) is 4.45. The second-order valence-electron chi connectivity index (χ2n) is 7.09.